The summed E-state index contributed by atoms with van der Waals surface area (Å²) >= 11 is 0. The van der Waals surface area contributed by atoms with E-state index in [0.717, 1.165) is 37.1 Å². The molecule has 2 aliphatic carbocycles. The van der Waals surface area contributed by atoms with E-state index >= 15 is 0 Å². The molecule has 2 heterocycles. The summed E-state index contributed by atoms with van der Waals surface area (Å²) in [6.45, 7) is 2.27. The predicted octanol–water partition coefficient (Wildman–Crippen LogP) is 2.84. The quantitative estimate of drug-likeness (QED) is 0.715. The molecule has 1 aromatic rings. The minimum Gasteiger partial charge on any atom is -0.484 e. The molecule has 3 aliphatic rings. The molecule has 1 aliphatic heterocycles. The number of rotatable bonds is 0. The number of carbonyl (C=O) groups excluding carboxylic acids is 1. The largest absolute Gasteiger partial charge is 0.484 e. The van der Waals surface area contributed by atoms with Gasteiger partial charge in [0.05, 0.1) is 5.69 Å². The third-order valence-electron chi connectivity index (χ3n) is 5.33. The number of allylic oxidation sites excluding steroid dienone is 1. The maximum Gasteiger partial charge on any atom is 0.155 e. The summed E-state index contributed by atoms with van der Waals surface area (Å²) < 4.78 is 6.35. The van der Waals surface area contributed by atoms with Crippen molar-refractivity contribution in [2.24, 2.45) is 5.41 Å². The van der Waals surface area contributed by atoms with E-state index in [9.17, 15) is 4.79 Å². The topological polar surface area (TPSA) is 39.2 Å². The lowest BCUT2D eigenvalue weighted by atomic mass is 9.66. The van der Waals surface area contributed by atoms with Crippen LogP contribution in [0.25, 0.3) is 0 Å². The Morgan fingerprint density at radius 1 is 1.32 bits per heavy atom. The van der Waals surface area contributed by atoms with Gasteiger partial charge in [0.25, 0.3) is 0 Å². The van der Waals surface area contributed by atoms with Crippen molar-refractivity contribution < 1.29 is 9.53 Å². The Morgan fingerprint density at radius 3 is 3.05 bits per heavy atom. The fourth-order valence-electron chi connectivity index (χ4n) is 4.05. The second kappa shape index (κ2) is 3.47. The molecule has 3 heteroatoms. The van der Waals surface area contributed by atoms with Crippen LogP contribution in [-0.4, -0.2) is 16.4 Å². The lowest BCUT2D eigenvalue weighted by Crippen LogP contribution is -2.48. The summed E-state index contributed by atoms with van der Waals surface area (Å²) in [5.41, 5.74) is 2.19. The number of nitrogens with zero attached hydrogens (tertiary/aromatic N) is 1. The van der Waals surface area contributed by atoms with Crippen molar-refractivity contribution in [2.75, 3.05) is 0 Å². The number of carbonyl (C=O) groups is 1. The van der Waals surface area contributed by atoms with Gasteiger partial charge in [0.1, 0.15) is 11.4 Å². The van der Waals surface area contributed by atoms with Crippen LogP contribution in [0.4, 0.5) is 0 Å². The maximum absolute atomic E-state index is 11.6. The number of aromatic nitrogens is 1. The molecular weight excluding hydrogens is 238 g/mol. The Morgan fingerprint density at radius 2 is 2.21 bits per heavy atom. The van der Waals surface area contributed by atoms with E-state index < -0.39 is 0 Å². The molecule has 0 saturated heterocycles. The fraction of sp³-hybridized carbons (Fsp3) is 0.500. The number of ketones is 1. The highest BCUT2D eigenvalue weighted by molar-refractivity contribution is 5.92. The highest BCUT2D eigenvalue weighted by Gasteiger charge is 2.60. The lowest BCUT2D eigenvalue weighted by Gasteiger charge is -2.42. The van der Waals surface area contributed by atoms with Gasteiger partial charge in [-0.1, -0.05) is 12.5 Å². The molecule has 1 spiro atoms. The van der Waals surface area contributed by atoms with E-state index in [1.54, 1.807) is 0 Å². The molecule has 0 N–H and O–H groups in total. The first-order valence-corrected chi connectivity index (χ1v) is 7.00. The SMILES string of the molecule is C[C@]12CCC(=O)C=C1CC[C@@]21Cc2ncccc2O1. The van der Waals surface area contributed by atoms with E-state index in [2.05, 4.69) is 11.9 Å². The Bertz CT molecular complexity index is 580. The second-order valence-corrected chi connectivity index (χ2v) is 6.19. The van der Waals surface area contributed by atoms with Crippen LogP contribution in [0.5, 0.6) is 5.75 Å². The molecule has 98 valence electrons. The predicted molar refractivity (Wildman–Crippen MR) is 71.0 cm³/mol. The van der Waals surface area contributed by atoms with Gasteiger partial charge in [0.2, 0.25) is 0 Å². The Labute approximate surface area is 112 Å². The number of fused-ring (bicyclic) bond motifs is 3. The van der Waals surface area contributed by atoms with Crippen LogP contribution in [-0.2, 0) is 11.2 Å². The number of pyridine rings is 1. The van der Waals surface area contributed by atoms with Gasteiger partial charge in [-0.25, -0.2) is 0 Å². The van der Waals surface area contributed by atoms with Crippen LogP contribution in [0.15, 0.2) is 30.0 Å². The normalized spacial score (nSPS) is 35.8. The zero-order valence-electron chi connectivity index (χ0n) is 11.1. The third kappa shape index (κ3) is 1.33. The number of hydrogen-bond donors (Lipinski definition) is 0. The molecule has 2 atom stereocenters. The Hall–Kier alpha value is -1.64. The third-order valence-corrected chi connectivity index (χ3v) is 5.33. The minimum absolute atomic E-state index is 0.00160. The standard InChI is InChI=1S/C16H17NO2/c1-15-6-5-12(18)9-11(15)4-7-16(15)10-13-14(19-16)3-2-8-17-13/h2-3,8-9H,4-7,10H2,1H3/t15-,16+/m0/s1. The van der Waals surface area contributed by atoms with Gasteiger partial charge in [-0.15, -0.1) is 0 Å². The first kappa shape index (κ1) is 11.2. The molecule has 0 unspecified atom stereocenters. The number of ether oxygens (including phenoxy) is 1. The highest BCUT2D eigenvalue weighted by atomic mass is 16.5. The van der Waals surface area contributed by atoms with E-state index in [4.69, 9.17) is 4.74 Å². The van der Waals surface area contributed by atoms with Gasteiger partial charge in [0, 0.05) is 24.5 Å². The first-order chi connectivity index (χ1) is 9.13. The van der Waals surface area contributed by atoms with Gasteiger partial charge in [-0.05, 0) is 37.5 Å². The molecule has 0 aromatic carbocycles. The molecule has 4 rings (SSSR count). The van der Waals surface area contributed by atoms with Crippen molar-refractivity contribution in [3.05, 3.63) is 35.7 Å². The van der Waals surface area contributed by atoms with E-state index in [-0.39, 0.29) is 16.8 Å². The Kier molecular flexibility index (Phi) is 2.05. The summed E-state index contributed by atoms with van der Waals surface area (Å²) in [5.74, 6) is 1.21. The lowest BCUT2D eigenvalue weighted by molar-refractivity contribution is -0.116. The molecular formula is C16H17NO2. The fourth-order valence-corrected chi connectivity index (χ4v) is 4.05. The zero-order valence-corrected chi connectivity index (χ0v) is 11.1. The molecule has 19 heavy (non-hydrogen) atoms. The van der Waals surface area contributed by atoms with Gasteiger partial charge < -0.3 is 4.74 Å². The van der Waals surface area contributed by atoms with Crippen LogP contribution in [0.1, 0.15) is 38.3 Å². The monoisotopic (exact) mass is 255 g/mol. The number of hydrogen-bond acceptors (Lipinski definition) is 3. The van der Waals surface area contributed by atoms with Crippen LogP contribution < -0.4 is 4.74 Å². The van der Waals surface area contributed by atoms with Crippen molar-refractivity contribution in [2.45, 2.75) is 44.6 Å². The van der Waals surface area contributed by atoms with E-state index in [1.165, 1.54) is 5.57 Å². The molecule has 1 aromatic heterocycles. The first-order valence-electron chi connectivity index (χ1n) is 7.00. The summed E-state index contributed by atoms with van der Waals surface area (Å²) in [4.78, 5) is 16.1. The summed E-state index contributed by atoms with van der Waals surface area (Å²) in [5, 5.41) is 0. The van der Waals surface area contributed by atoms with Crippen molar-refractivity contribution in [1.29, 1.82) is 0 Å². The minimum atomic E-state index is -0.170. The summed E-state index contributed by atoms with van der Waals surface area (Å²) in [6.07, 6.45) is 8.12. The van der Waals surface area contributed by atoms with Crippen LogP contribution >= 0.6 is 0 Å². The average molecular weight is 255 g/mol. The van der Waals surface area contributed by atoms with Crippen molar-refractivity contribution in [3.63, 3.8) is 0 Å². The van der Waals surface area contributed by atoms with E-state index in [0.29, 0.717) is 6.42 Å². The summed E-state index contributed by atoms with van der Waals surface area (Å²) in [6, 6.07) is 3.94. The van der Waals surface area contributed by atoms with Gasteiger partial charge in [0.15, 0.2) is 5.78 Å². The molecule has 0 radical (unpaired) electrons. The Balaban J connectivity index is 1.79. The molecule has 1 saturated carbocycles. The van der Waals surface area contributed by atoms with Crippen LogP contribution in [0, 0.1) is 5.41 Å². The van der Waals surface area contributed by atoms with Crippen LogP contribution in [0.2, 0.25) is 0 Å². The zero-order chi connectivity index (χ0) is 13.1. The summed E-state index contributed by atoms with van der Waals surface area (Å²) in [7, 11) is 0. The molecule has 1 fully saturated rings. The van der Waals surface area contributed by atoms with E-state index in [1.807, 2.05) is 24.4 Å². The second-order valence-electron chi connectivity index (χ2n) is 6.19. The maximum atomic E-state index is 11.6. The van der Waals surface area contributed by atoms with Crippen molar-refractivity contribution >= 4 is 5.78 Å². The average Bonchev–Trinajstić information content (AvgIpc) is 2.91. The molecule has 0 bridgehead atoms. The highest BCUT2D eigenvalue weighted by Crippen LogP contribution is 2.60. The van der Waals surface area contributed by atoms with Gasteiger partial charge in [-0.3, -0.25) is 9.78 Å². The van der Waals surface area contributed by atoms with Gasteiger partial charge >= 0.3 is 0 Å². The van der Waals surface area contributed by atoms with Crippen molar-refractivity contribution in [1.82, 2.24) is 4.98 Å². The van der Waals surface area contributed by atoms with Crippen molar-refractivity contribution in [3.8, 4) is 5.75 Å². The molecule has 3 nitrogen and oxygen atoms in total. The van der Waals surface area contributed by atoms with Crippen LogP contribution in [0.3, 0.4) is 0 Å². The van der Waals surface area contributed by atoms with Gasteiger partial charge in [-0.2, -0.15) is 0 Å². The smallest absolute Gasteiger partial charge is 0.155 e. The molecule has 0 amide bonds.